The lowest BCUT2D eigenvalue weighted by molar-refractivity contribution is 0.416. The Morgan fingerprint density at radius 1 is 1.17 bits per heavy atom. The van der Waals surface area contributed by atoms with Crippen LogP contribution in [0.3, 0.4) is 0 Å². The number of likely N-dealkylation sites (N-methyl/N-ethyl adjacent to an activating group) is 1. The Bertz CT molecular complexity index is 791. The topological polar surface area (TPSA) is 55.9 Å². The molecule has 2 aromatic heterocycles. The van der Waals surface area contributed by atoms with Crippen molar-refractivity contribution < 1.29 is 4.52 Å². The van der Waals surface area contributed by atoms with Gasteiger partial charge in [-0.15, -0.1) is 0 Å². The number of hydrogen-bond donors (Lipinski definition) is 1. The molecule has 1 atom stereocenters. The molecule has 0 saturated carbocycles. The van der Waals surface area contributed by atoms with Crippen LogP contribution in [0.4, 0.5) is 0 Å². The van der Waals surface area contributed by atoms with E-state index in [0.717, 1.165) is 27.8 Å². The monoisotopic (exact) mass is 374 g/mol. The molecule has 0 fully saturated rings. The third kappa shape index (κ3) is 3.38. The van der Waals surface area contributed by atoms with Crippen LogP contribution in [0.5, 0.6) is 0 Å². The van der Waals surface area contributed by atoms with Crippen LogP contribution in [0.15, 0.2) is 45.4 Å². The maximum atomic E-state index is 5.43. The van der Waals surface area contributed by atoms with Crippen LogP contribution < -0.4 is 5.32 Å². The number of nitrogens with zero attached hydrogens (tertiary/aromatic N) is 3. The maximum absolute atomic E-state index is 5.43. The van der Waals surface area contributed by atoms with Gasteiger partial charge in [-0.05, 0) is 43.8 Å². The zero-order valence-electron chi connectivity index (χ0n) is 13.4. The molecule has 0 aliphatic heterocycles. The molecule has 0 radical (unpaired) electrons. The molecule has 23 heavy (non-hydrogen) atoms. The molecular formula is C17H19BrN4O. The molecule has 2 heterocycles. The lowest BCUT2D eigenvalue weighted by atomic mass is 10.1. The second-order valence-corrected chi connectivity index (χ2v) is 6.50. The van der Waals surface area contributed by atoms with E-state index >= 15 is 0 Å². The molecule has 0 spiro atoms. The lowest BCUT2D eigenvalue weighted by Crippen LogP contribution is -2.24. The third-order valence-electron chi connectivity index (χ3n) is 3.93. The first kappa shape index (κ1) is 16.0. The fourth-order valence-electron chi connectivity index (χ4n) is 2.45. The van der Waals surface area contributed by atoms with Gasteiger partial charge < -0.3 is 14.4 Å². The molecule has 1 aromatic carbocycles. The van der Waals surface area contributed by atoms with Crippen LogP contribution in [-0.4, -0.2) is 27.8 Å². The second-order valence-electron chi connectivity index (χ2n) is 5.58. The van der Waals surface area contributed by atoms with Gasteiger partial charge in [0, 0.05) is 29.7 Å². The fraction of sp³-hybridized carbons (Fsp3) is 0.294. The van der Waals surface area contributed by atoms with E-state index in [4.69, 9.17) is 4.52 Å². The van der Waals surface area contributed by atoms with E-state index in [1.165, 1.54) is 0 Å². The van der Waals surface area contributed by atoms with E-state index in [1.807, 2.05) is 32.3 Å². The zero-order valence-corrected chi connectivity index (χ0v) is 15.0. The minimum atomic E-state index is 0.312. The van der Waals surface area contributed by atoms with Gasteiger partial charge in [0.25, 0.3) is 5.89 Å². The van der Waals surface area contributed by atoms with Gasteiger partial charge in [-0.1, -0.05) is 33.2 Å². The van der Waals surface area contributed by atoms with Crippen molar-refractivity contribution in [1.82, 2.24) is 20.0 Å². The van der Waals surface area contributed by atoms with Gasteiger partial charge in [-0.25, -0.2) is 0 Å². The largest absolute Gasteiger partial charge is 0.340 e. The first-order valence-corrected chi connectivity index (χ1v) is 8.29. The van der Waals surface area contributed by atoms with Crippen molar-refractivity contribution in [3.05, 3.63) is 46.7 Å². The van der Waals surface area contributed by atoms with E-state index in [2.05, 4.69) is 61.1 Å². The van der Waals surface area contributed by atoms with Gasteiger partial charge in [0.2, 0.25) is 0 Å². The van der Waals surface area contributed by atoms with Crippen molar-refractivity contribution in [3.8, 4) is 22.8 Å². The maximum Gasteiger partial charge on any atom is 0.274 e. The Hall–Kier alpha value is -1.92. The van der Waals surface area contributed by atoms with Crippen molar-refractivity contribution in [3.63, 3.8) is 0 Å². The Morgan fingerprint density at radius 2 is 1.87 bits per heavy atom. The summed E-state index contributed by atoms with van der Waals surface area (Å²) in [7, 11) is 3.93. The van der Waals surface area contributed by atoms with Gasteiger partial charge in [0.1, 0.15) is 5.69 Å². The standard InChI is InChI=1S/C17H19BrN4O/c1-11(19-2)10-16-20-17(23-21-16)15-9-8-14(22(15)3)12-4-6-13(18)7-5-12/h4-9,11,19H,10H2,1-3H3. The molecule has 0 aliphatic rings. The van der Waals surface area contributed by atoms with Crippen molar-refractivity contribution in [2.24, 2.45) is 7.05 Å². The van der Waals surface area contributed by atoms with Gasteiger partial charge in [-0.2, -0.15) is 4.98 Å². The van der Waals surface area contributed by atoms with E-state index in [1.54, 1.807) is 0 Å². The highest BCUT2D eigenvalue weighted by Gasteiger charge is 2.15. The molecule has 0 bridgehead atoms. The average Bonchev–Trinajstić information content (AvgIpc) is 3.14. The van der Waals surface area contributed by atoms with Gasteiger partial charge in [-0.3, -0.25) is 0 Å². The summed E-state index contributed by atoms with van der Waals surface area (Å²) >= 11 is 3.46. The van der Waals surface area contributed by atoms with Gasteiger partial charge in [0.05, 0.1) is 0 Å². The number of nitrogens with one attached hydrogen (secondary N) is 1. The first-order chi connectivity index (χ1) is 11.1. The van der Waals surface area contributed by atoms with Crippen LogP contribution in [0, 0.1) is 0 Å². The molecule has 0 aliphatic carbocycles. The lowest BCUT2D eigenvalue weighted by Gasteiger charge is -2.06. The molecule has 3 aromatic rings. The smallest absolute Gasteiger partial charge is 0.274 e. The van der Waals surface area contributed by atoms with Crippen molar-refractivity contribution in [1.29, 1.82) is 0 Å². The molecular weight excluding hydrogens is 356 g/mol. The van der Waals surface area contributed by atoms with Crippen molar-refractivity contribution >= 4 is 15.9 Å². The SMILES string of the molecule is CNC(C)Cc1noc(-c2ccc(-c3ccc(Br)cc3)n2C)n1. The summed E-state index contributed by atoms with van der Waals surface area (Å²) in [4.78, 5) is 4.50. The number of halogens is 1. The zero-order chi connectivity index (χ0) is 16.4. The summed E-state index contributed by atoms with van der Waals surface area (Å²) in [6.45, 7) is 2.09. The molecule has 6 heteroatoms. The summed E-state index contributed by atoms with van der Waals surface area (Å²) < 4.78 is 8.57. The molecule has 0 amide bonds. The number of rotatable bonds is 5. The summed E-state index contributed by atoms with van der Waals surface area (Å²) in [5.74, 6) is 1.27. The number of benzene rings is 1. The molecule has 120 valence electrons. The van der Waals surface area contributed by atoms with Crippen LogP contribution >= 0.6 is 15.9 Å². The normalized spacial score (nSPS) is 12.5. The van der Waals surface area contributed by atoms with Gasteiger partial charge >= 0.3 is 0 Å². The Labute approximate surface area is 143 Å². The molecule has 5 nitrogen and oxygen atoms in total. The van der Waals surface area contributed by atoms with E-state index in [9.17, 15) is 0 Å². The van der Waals surface area contributed by atoms with Crippen molar-refractivity contribution in [2.45, 2.75) is 19.4 Å². The van der Waals surface area contributed by atoms with Crippen LogP contribution in [0.25, 0.3) is 22.8 Å². The van der Waals surface area contributed by atoms with E-state index in [-0.39, 0.29) is 0 Å². The first-order valence-electron chi connectivity index (χ1n) is 7.50. The quantitative estimate of drug-likeness (QED) is 0.740. The molecule has 0 saturated heterocycles. The highest BCUT2D eigenvalue weighted by Crippen LogP contribution is 2.28. The number of hydrogen-bond acceptors (Lipinski definition) is 4. The Morgan fingerprint density at radius 3 is 2.57 bits per heavy atom. The van der Waals surface area contributed by atoms with Gasteiger partial charge in [0.15, 0.2) is 5.82 Å². The second kappa shape index (κ2) is 6.68. The summed E-state index contributed by atoms with van der Waals surface area (Å²) in [5.41, 5.74) is 3.17. The van der Waals surface area contributed by atoms with Crippen LogP contribution in [0.2, 0.25) is 0 Å². The predicted molar refractivity (Wildman–Crippen MR) is 94.1 cm³/mol. The van der Waals surface area contributed by atoms with Crippen molar-refractivity contribution in [2.75, 3.05) is 7.05 Å². The number of aromatic nitrogens is 3. The summed E-state index contributed by atoms with van der Waals surface area (Å²) in [6, 6.07) is 12.6. The minimum absolute atomic E-state index is 0.312. The van der Waals surface area contributed by atoms with Crippen LogP contribution in [-0.2, 0) is 13.5 Å². The minimum Gasteiger partial charge on any atom is -0.340 e. The highest BCUT2D eigenvalue weighted by atomic mass is 79.9. The van der Waals surface area contributed by atoms with E-state index < -0.39 is 0 Å². The fourth-order valence-corrected chi connectivity index (χ4v) is 2.72. The highest BCUT2D eigenvalue weighted by molar-refractivity contribution is 9.10. The summed E-state index contributed by atoms with van der Waals surface area (Å²) in [5, 5.41) is 7.24. The third-order valence-corrected chi connectivity index (χ3v) is 4.46. The molecule has 3 rings (SSSR count). The Balaban J connectivity index is 1.88. The van der Waals surface area contributed by atoms with E-state index in [0.29, 0.717) is 17.8 Å². The molecule has 1 N–H and O–H groups in total. The predicted octanol–water partition coefficient (Wildman–Crippen LogP) is 3.66. The Kier molecular flexibility index (Phi) is 4.63. The molecule has 1 unspecified atom stereocenters. The summed E-state index contributed by atoms with van der Waals surface area (Å²) in [6.07, 6.45) is 0.740. The average molecular weight is 375 g/mol. The van der Waals surface area contributed by atoms with Crippen LogP contribution in [0.1, 0.15) is 12.7 Å².